The van der Waals surface area contributed by atoms with Crippen molar-refractivity contribution in [2.75, 3.05) is 14.2 Å². The van der Waals surface area contributed by atoms with E-state index in [2.05, 4.69) is 31.0 Å². The third kappa shape index (κ3) is 4.15. The van der Waals surface area contributed by atoms with E-state index in [1.54, 1.807) is 20.1 Å². The summed E-state index contributed by atoms with van der Waals surface area (Å²) in [7, 11) is 3.05. The number of hydrogen-bond acceptors (Lipinski definition) is 8. The smallest absolute Gasteiger partial charge is 0.287 e. The van der Waals surface area contributed by atoms with E-state index in [-0.39, 0.29) is 12.3 Å². The Kier molecular flexibility index (Phi) is 6.10. The molecule has 0 unspecified atom stereocenters. The van der Waals surface area contributed by atoms with Crippen LogP contribution in [0.1, 0.15) is 31.5 Å². The van der Waals surface area contributed by atoms with Gasteiger partial charge in [-0.1, -0.05) is 30.3 Å². The van der Waals surface area contributed by atoms with Gasteiger partial charge < -0.3 is 9.47 Å². The van der Waals surface area contributed by atoms with Gasteiger partial charge in [0.05, 0.1) is 23.1 Å². The standard InChI is InChI=1S/C21H20N6O4S/c1-11-16-20(31-3)22-15(10-30-2)23-21(16)32-17(11)19(29)27-26-18(28)14-9-13(24-25-14)12-7-5-4-6-8-12/h4-9H,10H2,1-3H3,(H,24,25)(H,26,28)(H,27,29). The zero-order valence-electron chi connectivity index (χ0n) is 17.6. The van der Waals surface area contributed by atoms with Crippen LogP contribution in [0.3, 0.4) is 0 Å². The van der Waals surface area contributed by atoms with Crippen LogP contribution >= 0.6 is 11.3 Å². The minimum atomic E-state index is -0.522. The van der Waals surface area contributed by atoms with Gasteiger partial charge in [-0.05, 0) is 18.6 Å². The van der Waals surface area contributed by atoms with Crippen molar-refractivity contribution in [1.29, 1.82) is 0 Å². The van der Waals surface area contributed by atoms with Gasteiger partial charge in [0, 0.05) is 12.7 Å². The second-order valence-corrected chi connectivity index (χ2v) is 7.76. The Balaban J connectivity index is 1.50. The summed E-state index contributed by atoms with van der Waals surface area (Å²) in [5.74, 6) is -0.180. The molecule has 0 saturated carbocycles. The predicted molar refractivity (Wildman–Crippen MR) is 118 cm³/mol. The molecule has 0 aliphatic heterocycles. The zero-order valence-corrected chi connectivity index (χ0v) is 18.4. The van der Waals surface area contributed by atoms with Crippen LogP contribution in [0.15, 0.2) is 36.4 Å². The molecule has 32 heavy (non-hydrogen) atoms. The molecule has 3 aromatic heterocycles. The highest BCUT2D eigenvalue weighted by Gasteiger charge is 2.22. The van der Waals surface area contributed by atoms with E-state index in [4.69, 9.17) is 9.47 Å². The van der Waals surface area contributed by atoms with Crippen molar-refractivity contribution in [3.8, 4) is 17.1 Å². The van der Waals surface area contributed by atoms with E-state index >= 15 is 0 Å². The summed E-state index contributed by atoms with van der Waals surface area (Å²) in [6, 6.07) is 11.1. The van der Waals surface area contributed by atoms with Gasteiger partial charge in [-0.2, -0.15) is 10.1 Å². The van der Waals surface area contributed by atoms with Crippen LogP contribution in [0.2, 0.25) is 0 Å². The Labute approximate surface area is 187 Å². The van der Waals surface area contributed by atoms with E-state index in [1.807, 2.05) is 30.3 Å². The fourth-order valence-electron chi connectivity index (χ4n) is 3.13. The molecule has 0 aliphatic carbocycles. The van der Waals surface area contributed by atoms with E-state index < -0.39 is 11.8 Å². The first-order valence-electron chi connectivity index (χ1n) is 9.56. The number of benzene rings is 1. The van der Waals surface area contributed by atoms with Gasteiger partial charge in [-0.25, -0.2) is 4.98 Å². The van der Waals surface area contributed by atoms with Gasteiger partial charge >= 0.3 is 0 Å². The van der Waals surface area contributed by atoms with Crippen LogP contribution < -0.4 is 15.6 Å². The maximum atomic E-state index is 12.8. The summed E-state index contributed by atoms with van der Waals surface area (Å²) < 4.78 is 10.5. The summed E-state index contributed by atoms with van der Waals surface area (Å²) in [6.45, 7) is 1.99. The maximum Gasteiger partial charge on any atom is 0.287 e. The molecule has 11 heteroatoms. The largest absolute Gasteiger partial charge is 0.480 e. The molecule has 0 aliphatic rings. The molecule has 0 atom stereocenters. The lowest BCUT2D eigenvalue weighted by atomic mass is 10.1. The average Bonchev–Trinajstić information content (AvgIpc) is 3.43. The fraction of sp³-hybridized carbons (Fsp3) is 0.190. The summed E-state index contributed by atoms with van der Waals surface area (Å²) in [6.07, 6.45) is 0. The highest BCUT2D eigenvalue weighted by molar-refractivity contribution is 7.20. The topological polar surface area (TPSA) is 131 Å². The molecule has 1 aromatic carbocycles. The number of amides is 2. The first kappa shape index (κ1) is 21.4. The number of fused-ring (bicyclic) bond motifs is 1. The number of nitrogens with one attached hydrogen (secondary N) is 3. The van der Waals surface area contributed by atoms with Gasteiger partial charge in [-0.15, -0.1) is 11.3 Å². The molecule has 3 heterocycles. The van der Waals surface area contributed by atoms with Crippen LogP contribution in [-0.2, 0) is 11.3 Å². The Morgan fingerprint density at radius 1 is 1.09 bits per heavy atom. The van der Waals surface area contributed by atoms with Crippen molar-refractivity contribution >= 4 is 33.4 Å². The molecule has 0 radical (unpaired) electrons. The third-order valence-electron chi connectivity index (χ3n) is 4.66. The number of aromatic amines is 1. The first-order chi connectivity index (χ1) is 15.5. The number of methoxy groups -OCH3 is 2. The van der Waals surface area contributed by atoms with E-state index in [0.29, 0.717) is 38.1 Å². The van der Waals surface area contributed by atoms with Gasteiger partial charge in [0.15, 0.2) is 5.82 Å². The SMILES string of the molecule is COCc1nc(OC)c2c(C)c(C(=O)NNC(=O)c3cc(-c4ccccc4)n[nH]3)sc2n1. The van der Waals surface area contributed by atoms with Crippen LogP contribution in [-0.4, -0.2) is 46.2 Å². The molecule has 0 bridgehead atoms. The lowest BCUT2D eigenvalue weighted by Crippen LogP contribution is -2.41. The molecule has 0 saturated heterocycles. The molecule has 164 valence electrons. The van der Waals surface area contributed by atoms with Crippen LogP contribution in [0.5, 0.6) is 5.88 Å². The lowest BCUT2D eigenvalue weighted by molar-refractivity contribution is 0.0846. The molecule has 0 fully saturated rings. The highest BCUT2D eigenvalue weighted by atomic mass is 32.1. The molecule has 0 spiro atoms. The summed E-state index contributed by atoms with van der Waals surface area (Å²) in [4.78, 5) is 34.9. The van der Waals surface area contributed by atoms with Crippen LogP contribution in [0, 0.1) is 6.92 Å². The number of carbonyl (C=O) groups excluding carboxylic acids is 2. The van der Waals surface area contributed by atoms with E-state index in [1.165, 1.54) is 18.4 Å². The van der Waals surface area contributed by atoms with Crippen molar-refractivity contribution in [3.05, 3.63) is 58.4 Å². The normalized spacial score (nSPS) is 10.8. The van der Waals surface area contributed by atoms with Gasteiger partial charge in [0.1, 0.15) is 17.1 Å². The van der Waals surface area contributed by atoms with Gasteiger partial charge in [0.25, 0.3) is 11.8 Å². The molecule has 4 aromatic rings. The number of hydrogen-bond donors (Lipinski definition) is 3. The first-order valence-corrected chi connectivity index (χ1v) is 10.4. The minimum absolute atomic E-state index is 0.217. The number of aryl methyl sites for hydroxylation is 1. The van der Waals surface area contributed by atoms with Crippen molar-refractivity contribution in [3.63, 3.8) is 0 Å². The number of aromatic nitrogens is 4. The number of carbonyl (C=O) groups is 2. The Bertz CT molecular complexity index is 1280. The highest BCUT2D eigenvalue weighted by Crippen LogP contribution is 2.34. The number of ether oxygens (including phenoxy) is 2. The Morgan fingerprint density at radius 3 is 2.56 bits per heavy atom. The number of hydrazine groups is 1. The molecule has 10 nitrogen and oxygen atoms in total. The zero-order chi connectivity index (χ0) is 22.7. The quantitative estimate of drug-likeness (QED) is 0.383. The third-order valence-corrected chi connectivity index (χ3v) is 5.84. The molecule has 4 rings (SSSR count). The van der Waals surface area contributed by atoms with Crippen molar-refractivity contribution in [2.24, 2.45) is 0 Å². The Morgan fingerprint density at radius 2 is 1.84 bits per heavy atom. The maximum absolute atomic E-state index is 12.8. The molecule has 2 amide bonds. The fourth-order valence-corrected chi connectivity index (χ4v) is 4.22. The van der Waals surface area contributed by atoms with Crippen LogP contribution in [0.25, 0.3) is 21.5 Å². The monoisotopic (exact) mass is 452 g/mol. The van der Waals surface area contributed by atoms with E-state index in [0.717, 1.165) is 5.56 Å². The second kappa shape index (κ2) is 9.12. The lowest BCUT2D eigenvalue weighted by Gasteiger charge is -2.06. The number of thiophene rings is 1. The summed E-state index contributed by atoms with van der Waals surface area (Å²) in [5.41, 5.74) is 7.21. The Hall–Kier alpha value is -3.83. The van der Waals surface area contributed by atoms with E-state index in [9.17, 15) is 9.59 Å². The number of H-pyrrole nitrogens is 1. The molecular weight excluding hydrogens is 432 g/mol. The van der Waals surface area contributed by atoms with Gasteiger partial charge in [0.2, 0.25) is 5.88 Å². The predicted octanol–water partition coefficient (Wildman–Crippen LogP) is 2.62. The molecular formula is C21H20N6O4S. The number of rotatable bonds is 6. The number of nitrogens with zero attached hydrogens (tertiary/aromatic N) is 3. The second-order valence-electron chi connectivity index (χ2n) is 6.76. The minimum Gasteiger partial charge on any atom is -0.480 e. The van der Waals surface area contributed by atoms with Crippen LogP contribution in [0.4, 0.5) is 0 Å². The van der Waals surface area contributed by atoms with Crippen molar-refractivity contribution < 1.29 is 19.1 Å². The summed E-state index contributed by atoms with van der Waals surface area (Å²) in [5, 5.41) is 7.47. The molecule has 3 N–H and O–H groups in total. The van der Waals surface area contributed by atoms with Crippen molar-refractivity contribution in [2.45, 2.75) is 13.5 Å². The average molecular weight is 452 g/mol. The van der Waals surface area contributed by atoms with Gasteiger partial charge in [-0.3, -0.25) is 25.5 Å². The van der Waals surface area contributed by atoms with Crippen molar-refractivity contribution in [1.82, 2.24) is 31.0 Å². The summed E-state index contributed by atoms with van der Waals surface area (Å²) >= 11 is 1.18.